The fourth-order valence-corrected chi connectivity index (χ4v) is 2.03. The standard InChI is InChI=1S/C20H32O7.2O2/c1-3-9-23-10-11-24-12-13-25-14-15-26-16-19(22-2)17-27-20(21)18-7-5-4-6-8-18;2*1-2/h4-8,19H,3,9-17H2,1-2H3;;. The van der Waals surface area contributed by atoms with Gasteiger partial charge in [0, 0.05) is 33.6 Å². The highest BCUT2D eigenvalue weighted by Gasteiger charge is 2.12. The SMILES string of the molecule is CCCOCCOCCOCCOCC(COC(=O)c1ccccc1)OC.O=O.O=O. The summed E-state index contributed by atoms with van der Waals surface area (Å²) in [4.78, 5) is 39.9. The zero-order valence-corrected chi connectivity index (χ0v) is 18.0. The van der Waals surface area contributed by atoms with Crippen LogP contribution in [0.4, 0.5) is 0 Å². The summed E-state index contributed by atoms with van der Waals surface area (Å²) in [7, 11) is 1.56. The van der Waals surface area contributed by atoms with Crippen LogP contribution in [-0.4, -0.2) is 78.6 Å². The van der Waals surface area contributed by atoms with Crippen LogP contribution in [0.15, 0.2) is 30.3 Å². The molecule has 0 aliphatic heterocycles. The maximum atomic E-state index is 11.9. The molecule has 0 fully saturated rings. The lowest BCUT2D eigenvalue weighted by Gasteiger charge is -2.16. The van der Waals surface area contributed by atoms with E-state index in [0.29, 0.717) is 51.8 Å². The molecule has 1 aromatic rings. The van der Waals surface area contributed by atoms with Crippen molar-refractivity contribution >= 4 is 5.97 Å². The van der Waals surface area contributed by atoms with Gasteiger partial charge in [-0.25, -0.2) is 4.79 Å². The first-order chi connectivity index (χ1) is 15.3. The summed E-state index contributed by atoms with van der Waals surface area (Å²) in [6.07, 6.45) is 0.701. The summed E-state index contributed by atoms with van der Waals surface area (Å²) in [6.45, 7) is 6.45. The van der Waals surface area contributed by atoms with Gasteiger partial charge >= 0.3 is 5.97 Å². The topological polar surface area (TPSA) is 141 Å². The van der Waals surface area contributed by atoms with Crippen LogP contribution >= 0.6 is 0 Å². The molecule has 0 aromatic heterocycles. The smallest absolute Gasteiger partial charge is 0.338 e. The van der Waals surface area contributed by atoms with Gasteiger partial charge in [0.05, 0.1) is 51.8 Å². The Hall–Kier alpha value is -2.31. The molecule has 11 nitrogen and oxygen atoms in total. The van der Waals surface area contributed by atoms with Crippen LogP contribution in [0.1, 0.15) is 23.7 Å². The number of hydrogen-bond acceptors (Lipinski definition) is 11. The normalized spacial score (nSPS) is 10.8. The highest BCUT2D eigenvalue weighted by atomic mass is 16.7. The van der Waals surface area contributed by atoms with Crippen LogP contribution < -0.4 is 0 Å². The number of rotatable bonds is 17. The Balaban J connectivity index is 0. The van der Waals surface area contributed by atoms with Gasteiger partial charge in [-0.2, -0.15) is 0 Å². The third-order valence-electron chi connectivity index (χ3n) is 3.51. The van der Waals surface area contributed by atoms with Crippen LogP contribution in [0.2, 0.25) is 0 Å². The van der Waals surface area contributed by atoms with Gasteiger partial charge in [-0.1, -0.05) is 25.1 Å². The molecule has 31 heavy (non-hydrogen) atoms. The number of hydrogen-bond donors (Lipinski definition) is 0. The largest absolute Gasteiger partial charge is 0.459 e. The van der Waals surface area contributed by atoms with Crippen molar-refractivity contribution in [3.8, 4) is 0 Å². The van der Waals surface area contributed by atoms with E-state index in [1.807, 2.05) is 6.07 Å². The maximum absolute atomic E-state index is 11.9. The van der Waals surface area contributed by atoms with Crippen molar-refractivity contribution in [1.82, 2.24) is 0 Å². The molecule has 1 rings (SSSR count). The molecule has 1 aromatic carbocycles. The second kappa shape index (κ2) is 25.7. The van der Waals surface area contributed by atoms with Crippen molar-refractivity contribution in [3.63, 3.8) is 0 Å². The number of carbonyl (C=O) groups excluding carboxylic acids is 1. The molecule has 1 unspecified atom stereocenters. The Morgan fingerprint density at radius 2 is 1.23 bits per heavy atom. The summed E-state index contributed by atoms with van der Waals surface area (Å²) in [6, 6.07) is 8.84. The number of carbonyl (C=O) groups is 1. The predicted molar refractivity (Wildman–Crippen MR) is 115 cm³/mol. The lowest BCUT2D eigenvalue weighted by molar-refractivity contribution is -0.0459. The lowest BCUT2D eigenvalue weighted by Crippen LogP contribution is -2.27. The molecule has 0 saturated carbocycles. The minimum absolute atomic E-state index is 0.138. The van der Waals surface area contributed by atoms with Gasteiger partial charge in [-0.15, -0.1) is 0 Å². The number of esters is 1. The van der Waals surface area contributed by atoms with Gasteiger partial charge in [0.1, 0.15) is 12.7 Å². The number of benzene rings is 1. The summed E-state index contributed by atoms with van der Waals surface area (Å²) >= 11 is 0. The third-order valence-corrected chi connectivity index (χ3v) is 3.51. The summed E-state index contributed by atoms with van der Waals surface area (Å²) < 4.78 is 32.1. The van der Waals surface area contributed by atoms with E-state index in [2.05, 4.69) is 6.92 Å². The fourth-order valence-electron chi connectivity index (χ4n) is 2.03. The van der Waals surface area contributed by atoms with Gasteiger partial charge in [0.25, 0.3) is 0 Å². The van der Waals surface area contributed by atoms with Gasteiger partial charge in [0.2, 0.25) is 0 Å². The molecule has 0 heterocycles. The molecule has 0 bridgehead atoms. The first kappa shape index (κ1) is 30.9. The first-order valence-corrected chi connectivity index (χ1v) is 9.67. The van der Waals surface area contributed by atoms with E-state index in [4.69, 9.17) is 48.3 Å². The Bertz CT molecular complexity index is 499. The quantitative estimate of drug-likeness (QED) is 0.256. The first-order valence-electron chi connectivity index (χ1n) is 9.67. The van der Waals surface area contributed by atoms with Crippen molar-refractivity contribution in [3.05, 3.63) is 55.8 Å². The molecule has 0 N–H and O–H groups in total. The van der Waals surface area contributed by atoms with Gasteiger partial charge in [-0.3, -0.25) is 0 Å². The zero-order valence-electron chi connectivity index (χ0n) is 18.0. The van der Waals surface area contributed by atoms with Gasteiger partial charge < -0.3 is 28.4 Å². The molecular weight excluding hydrogens is 416 g/mol. The van der Waals surface area contributed by atoms with E-state index in [-0.39, 0.29) is 18.7 Å². The summed E-state index contributed by atoms with van der Waals surface area (Å²) in [5.41, 5.74) is 0.515. The Morgan fingerprint density at radius 1 is 0.742 bits per heavy atom. The molecule has 1 atom stereocenters. The van der Waals surface area contributed by atoms with Crippen LogP contribution in [0.3, 0.4) is 0 Å². The highest BCUT2D eigenvalue weighted by Crippen LogP contribution is 2.03. The molecule has 0 saturated heterocycles. The van der Waals surface area contributed by atoms with Crippen LogP contribution in [0.25, 0.3) is 0 Å². The molecule has 0 amide bonds. The van der Waals surface area contributed by atoms with E-state index < -0.39 is 0 Å². The molecule has 0 radical (unpaired) electrons. The average Bonchev–Trinajstić information content (AvgIpc) is 2.84. The van der Waals surface area contributed by atoms with Crippen molar-refractivity contribution < 1.29 is 33.2 Å². The fraction of sp³-hybridized carbons (Fsp3) is 0.650. The average molecular weight is 448 g/mol. The van der Waals surface area contributed by atoms with Crippen molar-refractivity contribution in [1.29, 1.82) is 0 Å². The van der Waals surface area contributed by atoms with E-state index in [0.717, 1.165) is 13.0 Å². The van der Waals surface area contributed by atoms with E-state index in [9.17, 15) is 4.79 Å². The molecule has 0 spiro atoms. The minimum Gasteiger partial charge on any atom is -0.459 e. The second-order valence-electron chi connectivity index (χ2n) is 5.73. The molecular formula is C20H32O11. The summed E-state index contributed by atoms with van der Waals surface area (Å²) in [5, 5.41) is 0. The van der Waals surface area contributed by atoms with Crippen molar-refractivity contribution in [2.45, 2.75) is 19.4 Å². The van der Waals surface area contributed by atoms with Gasteiger partial charge in [0.15, 0.2) is 0 Å². The minimum atomic E-state index is -0.374. The van der Waals surface area contributed by atoms with Crippen molar-refractivity contribution in [2.24, 2.45) is 0 Å². The Morgan fingerprint density at radius 3 is 1.71 bits per heavy atom. The molecule has 0 aliphatic carbocycles. The third kappa shape index (κ3) is 19.4. The van der Waals surface area contributed by atoms with E-state index in [1.165, 1.54) is 0 Å². The van der Waals surface area contributed by atoms with Crippen molar-refractivity contribution in [2.75, 3.05) is 66.6 Å². The number of methoxy groups -OCH3 is 1. The van der Waals surface area contributed by atoms with Gasteiger partial charge in [-0.05, 0) is 18.6 Å². The van der Waals surface area contributed by atoms with Crippen LogP contribution in [0, 0.1) is 19.9 Å². The molecule has 0 aliphatic rings. The molecule has 178 valence electrons. The second-order valence-corrected chi connectivity index (χ2v) is 5.73. The number of ether oxygens (including phenoxy) is 6. The Kier molecular flexibility index (Phi) is 25.6. The maximum Gasteiger partial charge on any atom is 0.338 e. The predicted octanol–water partition coefficient (Wildman–Crippen LogP) is 2.47. The lowest BCUT2D eigenvalue weighted by atomic mass is 10.2. The Labute approximate surface area is 181 Å². The van der Waals surface area contributed by atoms with Crippen LogP contribution in [0.5, 0.6) is 0 Å². The monoisotopic (exact) mass is 448 g/mol. The highest BCUT2D eigenvalue weighted by molar-refractivity contribution is 5.89. The van der Waals surface area contributed by atoms with Crippen LogP contribution in [-0.2, 0) is 28.4 Å². The summed E-state index contributed by atoms with van der Waals surface area (Å²) in [5.74, 6) is -0.374. The van der Waals surface area contributed by atoms with E-state index in [1.54, 1.807) is 31.4 Å². The van der Waals surface area contributed by atoms with E-state index >= 15 is 0 Å². The zero-order chi connectivity index (χ0) is 23.6. The molecule has 11 heteroatoms.